The maximum Gasteiger partial charge on any atom is 0.149 e. The first-order valence-electron chi connectivity index (χ1n) is 6.14. The summed E-state index contributed by atoms with van der Waals surface area (Å²) in [6.07, 6.45) is 9.11. The van der Waals surface area contributed by atoms with Crippen molar-refractivity contribution in [3.05, 3.63) is 0 Å². The number of rotatable bonds is 9. The van der Waals surface area contributed by atoms with Crippen LogP contribution in [0, 0.1) is 17.2 Å². The van der Waals surface area contributed by atoms with Gasteiger partial charge >= 0.3 is 0 Å². The fraction of sp³-hybridized carbons (Fsp3) is 0.846. The molecule has 1 atom stereocenters. The molecule has 0 saturated heterocycles. The van der Waals surface area contributed by atoms with Gasteiger partial charge < -0.3 is 0 Å². The quantitative estimate of drug-likeness (QED) is 0.541. The molecule has 0 aromatic carbocycles. The van der Waals surface area contributed by atoms with Gasteiger partial charge in [0.1, 0.15) is 11.7 Å². The van der Waals surface area contributed by atoms with Crippen molar-refractivity contribution in [2.75, 3.05) is 0 Å². The van der Waals surface area contributed by atoms with Crippen LogP contribution in [0.25, 0.3) is 0 Å². The highest BCUT2D eigenvalue weighted by Gasteiger charge is 2.10. The third-order valence-corrected chi connectivity index (χ3v) is 2.70. The highest BCUT2D eigenvalue weighted by atomic mass is 16.1. The molecule has 0 spiro atoms. The van der Waals surface area contributed by atoms with Crippen LogP contribution in [-0.2, 0) is 4.79 Å². The Morgan fingerprint density at radius 3 is 2.20 bits per heavy atom. The monoisotopic (exact) mass is 209 g/mol. The van der Waals surface area contributed by atoms with Crippen molar-refractivity contribution in [1.82, 2.24) is 0 Å². The summed E-state index contributed by atoms with van der Waals surface area (Å²) in [5.74, 6) is -0.309. The summed E-state index contributed by atoms with van der Waals surface area (Å²) in [6.45, 7) is 3.89. The number of carbonyl (C=O) groups excluding carboxylic acids is 1. The van der Waals surface area contributed by atoms with E-state index < -0.39 is 5.92 Å². The largest absolute Gasteiger partial charge is 0.298 e. The van der Waals surface area contributed by atoms with Crippen molar-refractivity contribution in [1.29, 1.82) is 5.26 Å². The average molecular weight is 209 g/mol. The van der Waals surface area contributed by atoms with Gasteiger partial charge in [-0.25, -0.2) is 0 Å². The second-order valence-corrected chi connectivity index (χ2v) is 4.19. The van der Waals surface area contributed by atoms with Gasteiger partial charge in [0, 0.05) is 6.42 Å². The van der Waals surface area contributed by atoms with Crippen LogP contribution in [-0.4, -0.2) is 5.78 Å². The van der Waals surface area contributed by atoms with E-state index in [4.69, 9.17) is 5.26 Å². The molecule has 0 saturated carbocycles. The number of carbonyl (C=O) groups is 1. The van der Waals surface area contributed by atoms with Gasteiger partial charge in [0.05, 0.1) is 6.07 Å². The molecule has 0 aliphatic heterocycles. The molecule has 0 radical (unpaired) electrons. The van der Waals surface area contributed by atoms with Crippen LogP contribution in [0.4, 0.5) is 0 Å². The van der Waals surface area contributed by atoms with Gasteiger partial charge in [0.25, 0.3) is 0 Å². The lowest BCUT2D eigenvalue weighted by molar-refractivity contribution is -0.121. The number of Topliss-reactive ketones (excluding diaryl/α,β-unsaturated/α-hetero) is 1. The second kappa shape index (κ2) is 9.71. The Bertz CT molecular complexity index is 205. The van der Waals surface area contributed by atoms with E-state index in [9.17, 15) is 4.79 Å². The third kappa shape index (κ3) is 8.17. The van der Waals surface area contributed by atoms with Crippen LogP contribution in [0.1, 0.15) is 65.2 Å². The lowest BCUT2D eigenvalue weighted by atomic mass is 10.0. The highest BCUT2D eigenvalue weighted by molar-refractivity contribution is 5.82. The molecule has 0 aromatic heterocycles. The summed E-state index contributed by atoms with van der Waals surface area (Å²) >= 11 is 0. The molecule has 0 amide bonds. The zero-order valence-electron chi connectivity index (χ0n) is 10.1. The summed E-state index contributed by atoms with van der Waals surface area (Å²) in [5.41, 5.74) is 0. The predicted octanol–water partition coefficient (Wildman–Crippen LogP) is 3.86. The first-order chi connectivity index (χ1) is 7.22. The summed E-state index contributed by atoms with van der Waals surface area (Å²) in [4.78, 5) is 11.3. The van der Waals surface area contributed by atoms with Gasteiger partial charge in [-0.3, -0.25) is 4.79 Å². The Hall–Kier alpha value is -0.840. The fourth-order valence-electron chi connectivity index (χ4n) is 1.54. The zero-order chi connectivity index (χ0) is 11.5. The van der Waals surface area contributed by atoms with Crippen LogP contribution in [0.5, 0.6) is 0 Å². The molecular weight excluding hydrogens is 186 g/mol. The van der Waals surface area contributed by atoms with E-state index in [-0.39, 0.29) is 5.78 Å². The highest BCUT2D eigenvalue weighted by Crippen LogP contribution is 2.10. The van der Waals surface area contributed by atoms with Crippen molar-refractivity contribution in [3.8, 4) is 6.07 Å². The molecule has 2 heteroatoms. The third-order valence-electron chi connectivity index (χ3n) is 2.70. The van der Waals surface area contributed by atoms with E-state index in [0.29, 0.717) is 6.42 Å². The van der Waals surface area contributed by atoms with Gasteiger partial charge in [-0.2, -0.15) is 5.26 Å². The fourth-order valence-corrected chi connectivity index (χ4v) is 1.54. The molecular formula is C13H23NO. The smallest absolute Gasteiger partial charge is 0.149 e. The average Bonchev–Trinajstić information content (AvgIpc) is 2.26. The first-order valence-corrected chi connectivity index (χ1v) is 6.14. The van der Waals surface area contributed by atoms with Crippen molar-refractivity contribution < 1.29 is 4.79 Å². The maximum atomic E-state index is 11.3. The number of hydrogen-bond donors (Lipinski definition) is 0. The summed E-state index contributed by atoms with van der Waals surface area (Å²) in [5, 5.41) is 8.53. The van der Waals surface area contributed by atoms with E-state index in [1.165, 1.54) is 32.1 Å². The van der Waals surface area contributed by atoms with Crippen LogP contribution >= 0.6 is 0 Å². The van der Waals surface area contributed by atoms with E-state index in [1.54, 1.807) is 6.92 Å². The van der Waals surface area contributed by atoms with Gasteiger partial charge in [-0.1, -0.05) is 45.4 Å². The molecule has 0 aliphatic carbocycles. The molecule has 0 rings (SSSR count). The van der Waals surface area contributed by atoms with Crippen molar-refractivity contribution in [2.45, 2.75) is 65.2 Å². The SMILES string of the molecule is CCCCCCCCCC(=O)C(C)C#N. The van der Waals surface area contributed by atoms with E-state index >= 15 is 0 Å². The number of hydrogen-bond acceptors (Lipinski definition) is 2. The molecule has 0 aromatic rings. The Balaban J connectivity index is 3.25. The molecule has 0 fully saturated rings. The van der Waals surface area contributed by atoms with Crippen LogP contribution in [0.15, 0.2) is 0 Å². The number of unbranched alkanes of at least 4 members (excludes halogenated alkanes) is 6. The number of nitrogens with zero attached hydrogens (tertiary/aromatic N) is 1. The Kier molecular flexibility index (Phi) is 9.16. The Labute approximate surface area is 93.7 Å². The van der Waals surface area contributed by atoms with Gasteiger partial charge in [0.15, 0.2) is 0 Å². The van der Waals surface area contributed by atoms with Gasteiger partial charge in [-0.05, 0) is 13.3 Å². The normalized spacial score (nSPS) is 12.1. The summed E-state index contributed by atoms with van der Waals surface area (Å²) in [7, 11) is 0. The summed E-state index contributed by atoms with van der Waals surface area (Å²) in [6, 6.07) is 1.98. The first kappa shape index (κ1) is 14.2. The van der Waals surface area contributed by atoms with Crippen LogP contribution in [0.3, 0.4) is 0 Å². The Morgan fingerprint density at radius 1 is 1.13 bits per heavy atom. The van der Waals surface area contributed by atoms with Crippen LogP contribution in [0.2, 0.25) is 0 Å². The molecule has 15 heavy (non-hydrogen) atoms. The van der Waals surface area contributed by atoms with E-state index in [0.717, 1.165) is 12.8 Å². The van der Waals surface area contributed by atoms with E-state index in [1.807, 2.05) is 6.07 Å². The van der Waals surface area contributed by atoms with Crippen molar-refractivity contribution in [2.24, 2.45) is 5.92 Å². The number of nitriles is 1. The predicted molar refractivity (Wildman–Crippen MR) is 62.4 cm³/mol. The van der Waals surface area contributed by atoms with Crippen molar-refractivity contribution >= 4 is 5.78 Å². The van der Waals surface area contributed by atoms with Crippen molar-refractivity contribution in [3.63, 3.8) is 0 Å². The minimum absolute atomic E-state index is 0.103. The number of ketones is 1. The topological polar surface area (TPSA) is 40.9 Å². The molecule has 0 N–H and O–H groups in total. The Morgan fingerprint density at radius 2 is 1.67 bits per heavy atom. The molecule has 86 valence electrons. The summed E-state index contributed by atoms with van der Waals surface area (Å²) < 4.78 is 0. The van der Waals surface area contributed by atoms with E-state index in [2.05, 4.69) is 6.92 Å². The lowest BCUT2D eigenvalue weighted by Gasteiger charge is -2.02. The lowest BCUT2D eigenvalue weighted by Crippen LogP contribution is -2.07. The molecule has 0 bridgehead atoms. The maximum absolute atomic E-state index is 11.3. The van der Waals surface area contributed by atoms with Gasteiger partial charge in [0.2, 0.25) is 0 Å². The molecule has 0 aliphatic rings. The zero-order valence-corrected chi connectivity index (χ0v) is 10.1. The minimum Gasteiger partial charge on any atom is -0.298 e. The second-order valence-electron chi connectivity index (χ2n) is 4.19. The minimum atomic E-state index is -0.412. The van der Waals surface area contributed by atoms with Crippen LogP contribution < -0.4 is 0 Å². The molecule has 0 heterocycles. The van der Waals surface area contributed by atoms with Gasteiger partial charge in [-0.15, -0.1) is 0 Å². The molecule has 1 unspecified atom stereocenters. The standard InChI is InChI=1S/C13H23NO/c1-3-4-5-6-7-8-9-10-13(15)12(2)11-14/h12H,3-10H2,1-2H3. The molecule has 2 nitrogen and oxygen atoms in total.